The summed E-state index contributed by atoms with van der Waals surface area (Å²) in [6.07, 6.45) is 9.11. The van der Waals surface area contributed by atoms with Crippen LogP contribution in [0.5, 0.6) is 0 Å². The van der Waals surface area contributed by atoms with Gasteiger partial charge >= 0.3 is 0 Å². The first-order valence-corrected chi connectivity index (χ1v) is 9.44. The van der Waals surface area contributed by atoms with Gasteiger partial charge in [0.05, 0.1) is 12.4 Å². The summed E-state index contributed by atoms with van der Waals surface area (Å²) in [5.74, 6) is 2.63. The average molecular weight is 318 g/mol. The zero-order valence-electron chi connectivity index (χ0n) is 14.4. The van der Waals surface area contributed by atoms with Gasteiger partial charge in [-0.25, -0.2) is 0 Å². The Morgan fingerprint density at radius 3 is 2.52 bits per heavy atom. The maximum absolute atomic E-state index is 12.2. The molecule has 4 rings (SSSR count). The van der Waals surface area contributed by atoms with Gasteiger partial charge in [0, 0.05) is 12.0 Å². The molecule has 4 aliphatic carbocycles. The van der Waals surface area contributed by atoms with Crippen molar-refractivity contribution in [3.8, 4) is 0 Å². The standard InChI is InChI=1S/C20H30O3/c1-19-8-7-16-14(15(19)5-6-18(19)23)4-3-13-9-17(22)12(11-21)10-20(13,16)2/h11,13-16,18,21,23H,3-10H2,1-2H3/b12-11+/t13-,14+,15-,16-,18-,19-,20-/m0/s1. The minimum atomic E-state index is -0.125. The number of ketones is 1. The Morgan fingerprint density at radius 1 is 1.04 bits per heavy atom. The molecule has 2 N–H and O–H groups in total. The predicted molar refractivity (Wildman–Crippen MR) is 88.8 cm³/mol. The Bertz CT molecular complexity index is 553. The molecule has 4 saturated carbocycles. The summed E-state index contributed by atoms with van der Waals surface area (Å²) in [7, 11) is 0. The number of hydrogen-bond acceptors (Lipinski definition) is 3. The molecule has 128 valence electrons. The fraction of sp³-hybridized carbons (Fsp3) is 0.850. The fourth-order valence-corrected chi connectivity index (χ4v) is 7.10. The third kappa shape index (κ3) is 2.01. The highest BCUT2D eigenvalue weighted by Gasteiger charge is 2.60. The van der Waals surface area contributed by atoms with Crippen LogP contribution in [0.4, 0.5) is 0 Å². The van der Waals surface area contributed by atoms with Gasteiger partial charge in [-0.05, 0) is 79.4 Å². The number of rotatable bonds is 0. The van der Waals surface area contributed by atoms with Crippen LogP contribution in [0.15, 0.2) is 11.8 Å². The summed E-state index contributed by atoms with van der Waals surface area (Å²) < 4.78 is 0. The number of fused-ring (bicyclic) bond motifs is 5. The molecule has 0 aromatic carbocycles. The summed E-state index contributed by atoms with van der Waals surface area (Å²) in [5, 5.41) is 20.0. The topological polar surface area (TPSA) is 57.5 Å². The van der Waals surface area contributed by atoms with E-state index in [4.69, 9.17) is 0 Å². The van der Waals surface area contributed by atoms with E-state index >= 15 is 0 Å². The molecule has 0 aromatic rings. The summed E-state index contributed by atoms with van der Waals surface area (Å²) in [6, 6.07) is 0. The van der Waals surface area contributed by atoms with Crippen molar-refractivity contribution in [3.05, 3.63) is 11.8 Å². The molecule has 0 aromatic heterocycles. The van der Waals surface area contributed by atoms with Crippen LogP contribution in [0.2, 0.25) is 0 Å². The lowest BCUT2D eigenvalue weighted by Gasteiger charge is -2.60. The number of aliphatic hydroxyl groups excluding tert-OH is 2. The van der Waals surface area contributed by atoms with Crippen LogP contribution >= 0.6 is 0 Å². The van der Waals surface area contributed by atoms with Gasteiger partial charge < -0.3 is 10.2 Å². The molecule has 4 aliphatic rings. The fourth-order valence-electron chi connectivity index (χ4n) is 7.10. The quantitative estimate of drug-likeness (QED) is 0.524. The summed E-state index contributed by atoms with van der Waals surface area (Å²) in [6.45, 7) is 4.68. The molecule has 3 nitrogen and oxygen atoms in total. The molecule has 0 radical (unpaired) electrons. The first-order chi connectivity index (χ1) is 10.9. The number of hydrogen-bond donors (Lipinski definition) is 2. The number of carbonyl (C=O) groups is 1. The van der Waals surface area contributed by atoms with Crippen LogP contribution in [0.1, 0.15) is 65.2 Å². The molecule has 0 unspecified atom stereocenters. The van der Waals surface area contributed by atoms with E-state index in [1.807, 2.05) is 0 Å². The Labute approximate surface area is 139 Å². The van der Waals surface area contributed by atoms with Crippen LogP contribution in [0.3, 0.4) is 0 Å². The van der Waals surface area contributed by atoms with Crippen molar-refractivity contribution in [1.82, 2.24) is 0 Å². The van der Waals surface area contributed by atoms with E-state index in [1.165, 1.54) is 19.3 Å². The molecule has 0 heterocycles. The average Bonchev–Trinajstić information content (AvgIpc) is 2.83. The van der Waals surface area contributed by atoms with Crippen LogP contribution < -0.4 is 0 Å². The van der Waals surface area contributed by atoms with Crippen LogP contribution in [0.25, 0.3) is 0 Å². The second-order valence-corrected chi connectivity index (χ2v) is 9.25. The molecule has 3 heteroatoms. The first-order valence-electron chi connectivity index (χ1n) is 9.44. The zero-order valence-corrected chi connectivity index (χ0v) is 14.4. The summed E-state index contributed by atoms with van der Waals surface area (Å²) in [4.78, 5) is 12.2. The lowest BCUT2D eigenvalue weighted by molar-refractivity contribution is -0.135. The van der Waals surface area contributed by atoms with E-state index in [-0.39, 0.29) is 22.7 Å². The molecular weight excluding hydrogens is 288 g/mol. The van der Waals surface area contributed by atoms with Crippen molar-refractivity contribution in [2.24, 2.45) is 34.5 Å². The Balaban J connectivity index is 1.66. The Kier molecular flexibility index (Phi) is 3.46. The van der Waals surface area contributed by atoms with Gasteiger partial charge in [0.15, 0.2) is 5.78 Å². The van der Waals surface area contributed by atoms with Gasteiger partial charge in [-0.2, -0.15) is 0 Å². The number of allylic oxidation sites excluding steroid dienone is 1. The molecule has 0 bridgehead atoms. The molecule has 0 spiro atoms. The summed E-state index contributed by atoms with van der Waals surface area (Å²) in [5.41, 5.74) is 0.911. The maximum Gasteiger partial charge on any atom is 0.162 e. The molecule has 7 atom stereocenters. The highest BCUT2D eigenvalue weighted by Crippen LogP contribution is 2.66. The molecule has 0 saturated heterocycles. The monoisotopic (exact) mass is 318 g/mol. The highest BCUT2D eigenvalue weighted by molar-refractivity contribution is 5.96. The first kappa shape index (κ1) is 15.7. The molecule has 23 heavy (non-hydrogen) atoms. The smallest absolute Gasteiger partial charge is 0.162 e. The summed E-state index contributed by atoms with van der Waals surface area (Å²) >= 11 is 0. The second-order valence-electron chi connectivity index (χ2n) is 9.25. The molecular formula is C20H30O3. The van der Waals surface area contributed by atoms with Gasteiger partial charge in [-0.3, -0.25) is 4.79 Å². The minimum Gasteiger partial charge on any atom is -0.515 e. The van der Waals surface area contributed by atoms with Crippen LogP contribution in [0, 0.1) is 34.5 Å². The van der Waals surface area contributed by atoms with Crippen molar-refractivity contribution >= 4 is 5.78 Å². The largest absolute Gasteiger partial charge is 0.515 e. The minimum absolute atomic E-state index is 0.116. The van der Waals surface area contributed by atoms with Gasteiger partial charge in [0.25, 0.3) is 0 Å². The zero-order chi connectivity index (χ0) is 16.4. The third-order valence-corrected chi connectivity index (χ3v) is 8.53. The lowest BCUT2D eigenvalue weighted by atomic mass is 9.45. The number of carbonyl (C=O) groups excluding carboxylic acids is 1. The van der Waals surface area contributed by atoms with Crippen molar-refractivity contribution in [3.63, 3.8) is 0 Å². The van der Waals surface area contributed by atoms with Crippen molar-refractivity contribution in [2.45, 2.75) is 71.3 Å². The van der Waals surface area contributed by atoms with E-state index in [1.54, 1.807) is 0 Å². The van der Waals surface area contributed by atoms with Crippen LogP contribution in [-0.2, 0) is 4.79 Å². The SMILES string of the molecule is C[C@]12C/C(=C\O)C(=O)C[C@@H]1CC[C@H]1[C@@H]2CC[C@]2(C)[C@@H](O)CC[C@@H]12. The van der Waals surface area contributed by atoms with E-state index in [2.05, 4.69) is 13.8 Å². The number of aliphatic hydroxyl groups is 2. The van der Waals surface area contributed by atoms with Gasteiger partial charge in [-0.1, -0.05) is 13.8 Å². The van der Waals surface area contributed by atoms with Crippen molar-refractivity contribution in [1.29, 1.82) is 0 Å². The molecule has 0 amide bonds. The normalized spacial score (nSPS) is 54.5. The lowest BCUT2D eigenvalue weighted by Crippen LogP contribution is -2.54. The van der Waals surface area contributed by atoms with Gasteiger partial charge in [0.2, 0.25) is 0 Å². The molecule has 0 aliphatic heterocycles. The van der Waals surface area contributed by atoms with Crippen molar-refractivity contribution in [2.75, 3.05) is 0 Å². The third-order valence-electron chi connectivity index (χ3n) is 8.53. The van der Waals surface area contributed by atoms with Gasteiger partial charge in [0.1, 0.15) is 0 Å². The van der Waals surface area contributed by atoms with E-state index in [0.717, 1.165) is 31.9 Å². The van der Waals surface area contributed by atoms with E-state index in [9.17, 15) is 15.0 Å². The number of Topliss-reactive ketones (excluding diaryl/α,β-unsaturated/α-hetero) is 1. The van der Waals surface area contributed by atoms with Gasteiger partial charge in [-0.15, -0.1) is 0 Å². The Morgan fingerprint density at radius 2 is 1.78 bits per heavy atom. The highest BCUT2D eigenvalue weighted by atomic mass is 16.3. The van der Waals surface area contributed by atoms with E-state index in [0.29, 0.717) is 35.7 Å². The molecule has 4 fully saturated rings. The second kappa shape index (κ2) is 5.08. The van der Waals surface area contributed by atoms with Crippen LogP contribution in [-0.4, -0.2) is 22.1 Å². The maximum atomic E-state index is 12.2. The Hall–Kier alpha value is -0.830. The van der Waals surface area contributed by atoms with Crippen molar-refractivity contribution < 1.29 is 15.0 Å². The van der Waals surface area contributed by atoms with E-state index < -0.39 is 0 Å². The predicted octanol–water partition coefficient (Wildman–Crippen LogP) is 4.01.